The molecule has 0 saturated carbocycles. The summed E-state index contributed by atoms with van der Waals surface area (Å²) < 4.78 is 24.8. The van der Waals surface area contributed by atoms with Crippen LogP contribution in [0.15, 0.2) is 60.8 Å². The average molecular weight is 476 g/mol. The average Bonchev–Trinajstić information content (AvgIpc) is 2.85. The van der Waals surface area contributed by atoms with E-state index in [1.54, 1.807) is 24.3 Å². The van der Waals surface area contributed by atoms with Crippen molar-refractivity contribution in [3.63, 3.8) is 0 Å². The van der Waals surface area contributed by atoms with Gasteiger partial charge in [-0.3, -0.25) is 4.79 Å². The zero-order valence-corrected chi connectivity index (χ0v) is 19.8. The largest absolute Gasteiger partial charge is 0.354 e. The van der Waals surface area contributed by atoms with E-state index in [4.69, 9.17) is 5.26 Å². The summed E-state index contributed by atoms with van der Waals surface area (Å²) in [4.78, 5) is 19.3. The molecule has 9 heteroatoms. The number of rotatable bonds is 5. The molecule has 0 aliphatic carbocycles. The van der Waals surface area contributed by atoms with Crippen LogP contribution in [0.2, 0.25) is 0 Å². The summed E-state index contributed by atoms with van der Waals surface area (Å²) in [7, 11) is -3.19. The van der Waals surface area contributed by atoms with Crippen molar-refractivity contribution in [1.29, 1.82) is 5.26 Å². The number of aromatic nitrogens is 1. The van der Waals surface area contributed by atoms with Gasteiger partial charge in [-0.15, -0.1) is 0 Å². The summed E-state index contributed by atoms with van der Waals surface area (Å²) >= 11 is 0. The van der Waals surface area contributed by atoms with Gasteiger partial charge >= 0.3 is 0 Å². The number of nitrogens with one attached hydrogen (secondary N) is 1. The van der Waals surface area contributed by atoms with Crippen molar-refractivity contribution >= 4 is 27.4 Å². The van der Waals surface area contributed by atoms with Crippen molar-refractivity contribution in [3.05, 3.63) is 77.5 Å². The number of carbonyl (C=O) groups excluding carboxylic acids is 1. The number of sulfonamides is 1. The Morgan fingerprint density at radius 3 is 2.32 bits per heavy atom. The van der Waals surface area contributed by atoms with Crippen molar-refractivity contribution in [1.82, 2.24) is 9.29 Å². The van der Waals surface area contributed by atoms with Gasteiger partial charge in [0, 0.05) is 38.1 Å². The molecule has 2 aromatic carbocycles. The Labute approximate surface area is 199 Å². The van der Waals surface area contributed by atoms with Crippen molar-refractivity contribution in [2.45, 2.75) is 6.92 Å². The van der Waals surface area contributed by atoms with E-state index in [9.17, 15) is 13.2 Å². The van der Waals surface area contributed by atoms with Crippen LogP contribution in [-0.2, 0) is 10.0 Å². The summed E-state index contributed by atoms with van der Waals surface area (Å²) in [6, 6.07) is 18.7. The predicted octanol–water partition coefficient (Wildman–Crippen LogP) is 3.26. The third-order valence-corrected chi connectivity index (χ3v) is 7.25. The smallest absolute Gasteiger partial charge is 0.257 e. The number of carbonyl (C=O) groups is 1. The fourth-order valence-electron chi connectivity index (χ4n) is 3.96. The number of anilines is 2. The first kappa shape index (κ1) is 23.4. The Morgan fingerprint density at radius 1 is 1.03 bits per heavy atom. The molecule has 1 fully saturated rings. The van der Waals surface area contributed by atoms with Crippen LogP contribution in [-0.4, -0.2) is 56.0 Å². The minimum Gasteiger partial charge on any atom is -0.354 e. The molecule has 1 saturated heterocycles. The van der Waals surface area contributed by atoms with Crippen LogP contribution in [0, 0.1) is 18.3 Å². The fraction of sp³-hybridized carbons (Fsp3) is 0.240. The van der Waals surface area contributed by atoms with E-state index in [2.05, 4.69) is 16.4 Å². The molecule has 4 rings (SSSR count). The first-order chi connectivity index (χ1) is 16.3. The second kappa shape index (κ2) is 9.63. The van der Waals surface area contributed by atoms with Crippen LogP contribution in [0.1, 0.15) is 21.5 Å². The van der Waals surface area contributed by atoms with Crippen molar-refractivity contribution < 1.29 is 13.2 Å². The van der Waals surface area contributed by atoms with Crippen LogP contribution in [0.25, 0.3) is 11.1 Å². The fourth-order valence-corrected chi connectivity index (χ4v) is 4.79. The van der Waals surface area contributed by atoms with E-state index in [1.807, 2.05) is 42.2 Å². The molecule has 0 radical (unpaired) electrons. The van der Waals surface area contributed by atoms with Gasteiger partial charge in [-0.2, -0.15) is 9.57 Å². The molecule has 0 bridgehead atoms. The highest BCUT2D eigenvalue weighted by Gasteiger charge is 2.24. The predicted molar refractivity (Wildman–Crippen MR) is 132 cm³/mol. The van der Waals surface area contributed by atoms with Gasteiger partial charge in [0.25, 0.3) is 5.91 Å². The zero-order valence-electron chi connectivity index (χ0n) is 19.0. The molecular weight excluding hydrogens is 450 g/mol. The maximum absolute atomic E-state index is 12.9. The zero-order chi connectivity index (χ0) is 24.3. The van der Waals surface area contributed by atoms with E-state index < -0.39 is 10.0 Å². The molecule has 2 heterocycles. The number of pyridine rings is 1. The Morgan fingerprint density at radius 2 is 1.74 bits per heavy atom. The number of hydrogen-bond acceptors (Lipinski definition) is 6. The molecule has 8 nitrogen and oxygen atoms in total. The van der Waals surface area contributed by atoms with Gasteiger partial charge in [0.05, 0.1) is 23.5 Å². The number of nitriles is 1. The molecule has 0 unspecified atom stereocenters. The van der Waals surface area contributed by atoms with Gasteiger partial charge < -0.3 is 10.2 Å². The third kappa shape index (κ3) is 5.09. The van der Waals surface area contributed by atoms with Gasteiger partial charge in [-0.25, -0.2) is 13.4 Å². The highest BCUT2D eigenvalue weighted by molar-refractivity contribution is 7.88. The van der Waals surface area contributed by atoms with Crippen LogP contribution in [0.4, 0.5) is 11.5 Å². The number of amides is 1. The minimum atomic E-state index is -3.19. The molecular formula is C25H25N5O3S. The van der Waals surface area contributed by atoms with Gasteiger partial charge in [0.1, 0.15) is 5.82 Å². The Bertz CT molecular complexity index is 1340. The first-order valence-electron chi connectivity index (χ1n) is 10.8. The lowest BCUT2D eigenvalue weighted by Crippen LogP contribution is -2.48. The number of benzene rings is 2. The highest BCUT2D eigenvalue weighted by atomic mass is 32.2. The number of piperazine rings is 1. The summed E-state index contributed by atoms with van der Waals surface area (Å²) in [6.07, 6.45) is 2.75. The normalized spacial score (nSPS) is 14.4. The SMILES string of the molecule is Cc1c(NC(=O)c2ccc(N3CCN(S(C)(=O)=O)CC3)nc2)cccc1-c1ccc(C#N)cc1. The Kier molecular flexibility index (Phi) is 6.63. The molecule has 34 heavy (non-hydrogen) atoms. The van der Waals surface area contributed by atoms with E-state index >= 15 is 0 Å². The van der Waals surface area contributed by atoms with Gasteiger partial charge in [0.2, 0.25) is 10.0 Å². The molecule has 1 N–H and O–H groups in total. The molecule has 0 atom stereocenters. The monoisotopic (exact) mass is 475 g/mol. The van der Waals surface area contributed by atoms with Gasteiger partial charge in [-0.1, -0.05) is 24.3 Å². The van der Waals surface area contributed by atoms with Crippen LogP contribution in [0.3, 0.4) is 0 Å². The second-order valence-corrected chi connectivity index (χ2v) is 10.2. The maximum Gasteiger partial charge on any atom is 0.257 e. The Balaban J connectivity index is 1.45. The second-order valence-electron chi connectivity index (χ2n) is 8.18. The summed E-state index contributed by atoms with van der Waals surface area (Å²) in [5.41, 5.74) is 4.60. The lowest BCUT2D eigenvalue weighted by molar-refractivity contribution is 0.102. The van der Waals surface area contributed by atoms with Crippen molar-refractivity contribution in [2.75, 3.05) is 42.7 Å². The van der Waals surface area contributed by atoms with E-state index in [1.165, 1.54) is 16.8 Å². The summed E-state index contributed by atoms with van der Waals surface area (Å²) in [6.45, 7) is 3.87. The first-order valence-corrected chi connectivity index (χ1v) is 12.7. The third-order valence-electron chi connectivity index (χ3n) is 5.95. The lowest BCUT2D eigenvalue weighted by atomic mass is 9.98. The van der Waals surface area contributed by atoms with Crippen molar-refractivity contribution in [2.24, 2.45) is 0 Å². The van der Waals surface area contributed by atoms with Gasteiger partial charge in [0.15, 0.2) is 0 Å². The molecule has 1 aliphatic heterocycles. The van der Waals surface area contributed by atoms with Crippen molar-refractivity contribution in [3.8, 4) is 17.2 Å². The quantitative estimate of drug-likeness (QED) is 0.607. The number of nitrogens with zero attached hydrogens (tertiary/aromatic N) is 4. The lowest BCUT2D eigenvalue weighted by Gasteiger charge is -2.33. The standard InChI is InChI=1S/C25H25N5O3S/c1-18-22(20-8-6-19(16-26)7-9-20)4-3-5-23(18)28-25(31)21-10-11-24(27-17-21)29-12-14-30(15-13-29)34(2,32)33/h3-11,17H,12-15H2,1-2H3,(H,28,31). The molecule has 174 valence electrons. The van der Waals surface area contributed by atoms with Crippen LogP contribution in [0.5, 0.6) is 0 Å². The molecule has 0 spiro atoms. The topological polar surface area (TPSA) is 106 Å². The molecule has 1 aliphatic rings. The maximum atomic E-state index is 12.9. The van der Waals surface area contributed by atoms with Crippen LogP contribution < -0.4 is 10.2 Å². The Hall–Kier alpha value is -3.74. The minimum absolute atomic E-state index is 0.263. The summed E-state index contributed by atoms with van der Waals surface area (Å²) in [5.74, 6) is 0.449. The van der Waals surface area contributed by atoms with Gasteiger partial charge in [-0.05, 0) is 53.9 Å². The highest BCUT2D eigenvalue weighted by Crippen LogP contribution is 2.29. The molecule has 3 aromatic rings. The van der Waals surface area contributed by atoms with E-state index in [0.717, 1.165) is 16.7 Å². The molecule has 1 amide bonds. The van der Waals surface area contributed by atoms with E-state index in [-0.39, 0.29) is 5.91 Å². The molecule has 1 aromatic heterocycles. The number of hydrogen-bond donors (Lipinski definition) is 1. The van der Waals surface area contributed by atoms with Crippen LogP contribution >= 0.6 is 0 Å². The summed E-state index contributed by atoms with van der Waals surface area (Å²) in [5, 5.41) is 12.0. The van der Waals surface area contributed by atoms with E-state index in [0.29, 0.717) is 48.8 Å².